The van der Waals surface area contributed by atoms with Crippen LogP contribution in [0, 0.1) is 6.92 Å². The molecule has 0 fully saturated rings. The number of anilines is 2. The Morgan fingerprint density at radius 3 is 2.34 bits per heavy atom. The molecule has 8 heteroatoms. The van der Waals surface area contributed by atoms with E-state index in [0.29, 0.717) is 11.4 Å². The highest BCUT2D eigenvalue weighted by Gasteiger charge is 2.09. The molecule has 168 valence electrons. The van der Waals surface area contributed by atoms with Gasteiger partial charge in [-0.05, 0) is 67.4 Å². The molecule has 3 aromatic rings. The van der Waals surface area contributed by atoms with Gasteiger partial charge in [0.05, 0.1) is 30.7 Å². The number of carbonyl (C=O) groups is 1. The maximum atomic E-state index is 12.3. The zero-order chi connectivity index (χ0) is 22.9. The van der Waals surface area contributed by atoms with Crippen molar-refractivity contribution in [2.24, 2.45) is 0 Å². The van der Waals surface area contributed by atoms with Gasteiger partial charge in [-0.3, -0.25) is 9.00 Å². The third-order valence-electron chi connectivity index (χ3n) is 4.62. The maximum absolute atomic E-state index is 12.3. The first-order valence-corrected chi connectivity index (χ1v) is 12.1. The Morgan fingerprint density at radius 1 is 0.969 bits per heavy atom. The molecule has 0 aliphatic heterocycles. The van der Waals surface area contributed by atoms with Gasteiger partial charge in [0.15, 0.2) is 0 Å². The lowest BCUT2D eigenvalue weighted by atomic mass is 10.2. The van der Waals surface area contributed by atoms with Crippen LogP contribution >= 0.6 is 11.9 Å². The number of aryl methyl sites for hydroxylation is 1. The molecule has 0 aliphatic carbocycles. The molecule has 1 amide bonds. The van der Waals surface area contributed by atoms with Crippen LogP contribution < -0.4 is 19.5 Å². The first-order chi connectivity index (χ1) is 15.5. The van der Waals surface area contributed by atoms with E-state index in [9.17, 15) is 9.00 Å². The van der Waals surface area contributed by atoms with Crippen molar-refractivity contribution in [2.45, 2.75) is 23.1 Å². The molecule has 32 heavy (non-hydrogen) atoms. The van der Waals surface area contributed by atoms with Gasteiger partial charge in [-0.25, -0.2) is 0 Å². The summed E-state index contributed by atoms with van der Waals surface area (Å²) in [6.45, 7) is 1.98. The van der Waals surface area contributed by atoms with Gasteiger partial charge < -0.3 is 19.5 Å². The van der Waals surface area contributed by atoms with Crippen molar-refractivity contribution in [3.8, 4) is 11.5 Å². The smallest absolute Gasteiger partial charge is 0.225 e. The van der Waals surface area contributed by atoms with E-state index in [0.717, 1.165) is 26.8 Å². The molecule has 6 nitrogen and oxygen atoms in total. The summed E-state index contributed by atoms with van der Waals surface area (Å²) in [5.74, 6) is 1.57. The fraction of sp³-hybridized carbons (Fsp3) is 0.208. The van der Waals surface area contributed by atoms with Crippen molar-refractivity contribution in [2.75, 3.05) is 30.0 Å². The Balaban J connectivity index is 1.49. The zero-order valence-corrected chi connectivity index (χ0v) is 19.8. The molecule has 3 rings (SSSR count). The number of carbonyl (C=O) groups excluding carboxylic acids is 1. The minimum Gasteiger partial charge on any atom is -0.497 e. The van der Waals surface area contributed by atoms with E-state index in [-0.39, 0.29) is 18.1 Å². The number of rotatable bonds is 10. The molecular weight excluding hydrogens is 444 g/mol. The lowest BCUT2D eigenvalue weighted by Gasteiger charge is -2.12. The monoisotopic (exact) mass is 470 g/mol. The Bertz CT molecular complexity index is 1070. The molecule has 1 atom stereocenters. The van der Waals surface area contributed by atoms with Crippen LogP contribution in [0.4, 0.5) is 11.4 Å². The number of benzene rings is 3. The normalized spacial score (nSPS) is 11.5. The van der Waals surface area contributed by atoms with E-state index in [2.05, 4.69) is 10.0 Å². The number of ether oxygens (including phenoxy) is 2. The molecular formula is C24H26N2O4S2. The maximum Gasteiger partial charge on any atom is 0.225 e. The summed E-state index contributed by atoms with van der Waals surface area (Å²) in [7, 11) is 2.04. The molecule has 0 aliphatic rings. The molecule has 0 bridgehead atoms. The molecule has 0 aromatic heterocycles. The topological polar surface area (TPSA) is 76.7 Å². The fourth-order valence-electron chi connectivity index (χ4n) is 2.83. The number of methoxy groups -OCH3 is 2. The Kier molecular flexibility index (Phi) is 8.58. The lowest BCUT2D eigenvalue weighted by molar-refractivity contribution is -0.115. The number of hydrogen-bond acceptors (Lipinski definition) is 6. The first kappa shape index (κ1) is 23.7. The highest BCUT2D eigenvalue weighted by atomic mass is 32.2. The van der Waals surface area contributed by atoms with Crippen molar-refractivity contribution < 1.29 is 18.5 Å². The number of nitrogens with one attached hydrogen (secondary N) is 2. The Labute approximate surface area is 195 Å². The van der Waals surface area contributed by atoms with Crippen molar-refractivity contribution in [3.05, 3.63) is 72.3 Å². The molecule has 0 saturated carbocycles. The van der Waals surface area contributed by atoms with Crippen LogP contribution in [-0.2, 0) is 15.6 Å². The van der Waals surface area contributed by atoms with Gasteiger partial charge in [0.1, 0.15) is 11.5 Å². The second-order valence-corrected chi connectivity index (χ2v) is 9.41. The summed E-state index contributed by atoms with van der Waals surface area (Å²) in [5, 5.41) is 2.85. The van der Waals surface area contributed by atoms with Crippen LogP contribution in [0.5, 0.6) is 11.5 Å². The highest BCUT2D eigenvalue weighted by molar-refractivity contribution is 8.00. The second-order valence-electron chi connectivity index (χ2n) is 6.96. The molecule has 0 saturated heterocycles. The molecule has 3 aromatic carbocycles. The number of hydrogen-bond donors (Lipinski definition) is 2. The predicted octanol–water partition coefficient (Wildman–Crippen LogP) is 5.27. The summed E-state index contributed by atoms with van der Waals surface area (Å²) < 4.78 is 26.2. The molecule has 0 radical (unpaired) electrons. The highest BCUT2D eigenvalue weighted by Crippen LogP contribution is 2.32. The van der Waals surface area contributed by atoms with E-state index < -0.39 is 10.8 Å². The van der Waals surface area contributed by atoms with Crippen LogP contribution in [0.25, 0.3) is 0 Å². The van der Waals surface area contributed by atoms with Crippen molar-refractivity contribution in [1.29, 1.82) is 0 Å². The van der Waals surface area contributed by atoms with Gasteiger partial charge in [-0.2, -0.15) is 0 Å². The zero-order valence-electron chi connectivity index (χ0n) is 18.2. The van der Waals surface area contributed by atoms with Crippen molar-refractivity contribution >= 4 is 40.0 Å². The van der Waals surface area contributed by atoms with Gasteiger partial charge in [0.2, 0.25) is 5.91 Å². The molecule has 0 heterocycles. The summed E-state index contributed by atoms with van der Waals surface area (Å²) in [4.78, 5) is 13.9. The third kappa shape index (κ3) is 6.77. The lowest BCUT2D eigenvalue weighted by Crippen LogP contribution is -2.14. The van der Waals surface area contributed by atoms with Gasteiger partial charge >= 0.3 is 0 Å². The van der Waals surface area contributed by atoms with Crippen LogP contribution in [0.3, 0.4) is 0 Å². The molecule has 2 N–H and O–H groups in total. The Morgan fingerprint density at radius 2 is 1.69 bits per heavy atom. The van der Waals surface area contributed by atoms with Crippen LogP contribution in [0.1, 0.15) is 12.0 Å². The summed E-state index contributed by atoms with van der Waals surface area (Å²) in [6, 6.07) is 20.6. The summed E-state index contributed by atoms with van der Waals surface area (Å²) in [5.41, 5.74) is 2.61. The van der Waals surface area contributed by atoms with Gasteiger partial charge in [-0.1, -0.05) is 17.7 Å². The van der Waals surface area contributed by atoms with Gasteiger partial charge in [-0.15, -0.1) is 0 Å². The predicted molar refractivity (Wildman–Crippen MR) is 131 cm³/mol. The molecule has 0 spiro atoms. The fourth-order valence-corrected chi connectivity index (χ4v) is 4.54. The third-order valence-corrected chi connectivity index (χ3v) is 6.82. The van der Waals surface area contributed by atoms with Gasteiger partial charge in [0.25, 0.3) is 0 Å². The summed E-state index contributed by atoms with van der Waals surface area (Å²) >= 11 is 1.42. The van der Waals surface area contributed by atoms with Crippen LogP contribution in [-0.4, -0.2) is 30.1 Å². The Hall–Kier alpha value is -2.97. The van der Waals surface area contributed by atoms with E-state index in [1.807, 2.05) is 73.7 Å². The van der Waals surface area contributed by atoms with E-state index >= 15 is 0 Å². The first-order valence-electron chi connectivity index (χ1n) is 9.98. The van der Waals surface area contributed by atoms with Crippen molar-refractivity contribution in [1.82, 2.24) is 0 Å². The SMILES string of the molecule is COc1ccc(OC)c(NSc2ccc(NC(=O)CCS(=O)c3ccc(C)cc3)cc2)c1. The van der Waals surface area contributed by atoms with Crippen LogP contribution in [0.2, 0.25) is 0 Å². The second kappa shape index (κ2) is 11.6. The average Bonchev–Trinajstić information content (AvgIpc) is 2.82. The largest absolute Gasteiger partial charge is 0.497 e. The van der Waals surface area contributed by atoms with Gasteiger partial charge in [0, 0.05) is 33.7 Å². The van der Waals surface area contributed by atoms with E-state index in [1.54, 1.807) is 14.2 Å². The minimum atomic E-state index is -1.19. The number of amides is 1. The summed E-state index contributed by atoms with van der Waals surface area (Å²) in [6.07, 6.45) is 0.189. The standard InChI is InChI=1S/C24H26N2O4S2/c1-17-4-11-21(12-5-17)32(28)15-14-24(27)25-18-6-9-20(10-7-18)31-26-22-16-19(29-2)8-13-23(22)30-3/h4-13,16,26H,14-15H2,1-3H3,(H,25,27). The minimum absolute atomic E-state index is 0.162. The van der Waals surface area contributed by atoms with Crippen LogP contribution in [0.15, 0.2) is 76.5 Å². The van der Waals surface area contributed by atoms with E-state index in [1.165, 1.54) is 11.9 Å². The average molecular weight is 471 g/mol. The van der Waals surface area contributed by atoms with E-state index in [4.69, 9.17) is 9.47 Å². The quantitative estimate of drug-likeness (QED) is 0.393. The van der Waals surface area contributed by atoms with Crippen molar-refractivity contribution in [3.63, 3.8) is 0 Å². The molecule has 1 unspecified atom stereocenters.